The third kappa shape index (κ3) is 16.9. The van der Waals surface area contributed by atoms with E-state index in [1.54, 1.807) is 199 Å². The molecule has 3 aliphatic heterocycles. The van der Waals surface area contributed by atoms with Gasteiger partial charge in [-0.15, -0.1) is 34.8 Å². The molecule has 0 unspecified atom stereocenters. The van der Waals surface area contributed by atoms with Gasteiger partial charge in [0.25, 0.3) is 35.4 Å². The zero-order valence-corrected chi connectivity index (χ0v) is 70.0. The van der Waals surface area contributed by atoms with Crippen molar-refractivity contribution in [1.29, 1.82) is 0 Å². The van der Waals surface area contributed by atoms with Gasteiger partial charge in [0, 0.05) is 145 Å². The third-order valence-corrected chi connectivity index (χ3v) is 23.0. The Balaban J connectivity index is 0.000000139. The maximum atomic E-state index is 13.8. The number of ether oxygens (including phenoxy) is 6. The highest BCUT2D eigenvalue weighted by atomic mass is 35.5. The minimum absolute atomic E-state index is 0.0402. The number of aromatic hydroxyl groups is 3. The summed E-state index contributed by atoms with van der Waals surface area (Å²) in [6, 6.07) is 51.0. The molecule has 0 radical (unpaired) electrons. The van der Waals surface area contributed by atoms with Crippen molar-refractivity contribution in [2.24, 2.45) is 0 Å². The van der Waals surface area contributed by atoms with Crippen molar-refractivity contribution in [3.8, 4) is 51.7 Å². The summed E-state index contributed by atoms with van der Waals surface area (Å²) < 4.78 is 34.4. The molecule has 3 aliphatic rings. The third-order valence-electron chi connectivity index (χ3n) is 21.9. The molecule has 9 aromatic carbocycles. The summed E-state index contributed by atoms with van der Waals surface area (Å²) in [5.41, 5.74) is 9.01. The summed E-state index contributed by atoms with van der Waals surface area (Å²) >= 11 is 19.1. The van der Waals surface area contributed by atoms with E-state index in [0.29, 0.717) is 160 Å². The molecular weight excluding hydrogens is 1680 g/mol. The van der Waals surface area contributed by atoms with Crippen LogP contribution in [0, 0.1) is 0 Å². The lowest BCUT2D eigenvalue weighted by Gasteiger charge is -2.18. The van der Waals surface area contributed by atoms with Crippen LogP contribution in [0.15, 0.2) is 207 Å². The Morgan fingerprint density at radius 2 is 0.857 bits per heavy atom. The fraction of sp³-hybridized carbons (Fsp3) is 0.194. The van der Waals surface area contributed by atoms with Crippen molar-refractivity contribution in [1.82, 2.24) is 29.3 Å². The van der Waals surface area contributed by atoms with E-state index < -0.39 is 0 Å². The zero-order chi connectivity index (χ0) is 88.1. The second kappa shape index (κ2) is 37.0. The number of nitrogens with zero attached hydrogens (tertiary/aromatic N) is 7. The molecule has 0 spiro atoms. The molecule has 126 heavy (non-hydrogen) atoms. The topological polar surface area (TPSA) is 400 Å². The van der Waals surface area contributed by atoms with Gasteiger partial charge in [0.2, 0.25) is 0 Å². The summed E-state index contributed by atoms with van der Waals surface area (Å²) in [5.74, 6) is 2.31. The minimum Gasteiger partial charge on any atom is -0.507 e. The number of aliphatic hydroxyl groups excluding tert-OH is 3. The Labute approximate surface area is 732 Å². The Bertz CT molecular complexity index is 6100. The molecule has 0 fully saturated rings. The van der Waals surface area contributed by atoms with E-state index in [1.165, 1.54) is 6.20 Å². The average molecular weight is 1760 g/mol. The van der Waals surface area contributed by atoms with E-state index in [2.05, 4.69) is 40.9 Å². The van der Waals surface area contributed by atoms with E-state index >= 15 is 0 Å². The molecule has 9 heterocycles. The number of pyridine rings is 3. The molecule has 6 amide bonds. The van der Waals surface area contributed by atoms with Crippen LogP contribution in [0.4, 0.5) is 34.3 Å². The lowest BCUT2D eigenvalue weighted by molar-refractivity contribution is 0.0976. The summed E-state index contributed by atoms with van der Waals surface area (Å²) in [4.78, 5) is 104. The number of phenolic OH excluding ortho intramolecular Hbond substituents is 3. The number of amides is 6. The van der Waals surface area contributed by atoms with Crippen LogP contribution in [-0.2, 0) is 0 Å². The highest BCUT2D eigenvalue weighted by Gasteiger charge is 2.40. The first-order valence-corrected chi connectivity index (χ1v) is 41.4. The second-order valence-electron chi connectivity index (χ2n) is 29.6. The molecule has 642 valence electrons. The van der Waals surface area contributed by atoms with Gasteiger partial charge < -0.3 is 104 Å². The van der Waals surface area contributed by atoms with Gasteiger partial charge in [-0.05, 0) is 144 Å². The maximum Gasteiger partial charge on any atom is 0.278 e. The number of aliphatic hydroxyl groups is 3. The van der Waals surface area contributed by atoms with Gasteiger partial charge in [-0.25, -0.2) is 15.0 Å². The lowest BCUT2D eigenvalue weighted by Crippen LogP contribution is -2.30. The molecule has 0 bridgehead atoms. The summed E-state index contributed by atoms with van der Waals surface area (Å²) in [5, 5.41) is 73.0. The normalized spacial score (nSPS) is 14.3. The largest absolute Gasteiger partial charge is 0.507 e. The summed E-state index contributed by atoms with van der Waals surface area (Å²) in [6.07, 6.45) is 6.35. The first-order valence-electron chi connectivity index (χ1n) is 39.8. The lowest BCUT2D eigenvalue weighted by atomic mass is 9.94. The van der Waals surface area contributed by atoms with Crippen molar-refractivity contribution in [3.05, 3.63) is 257 Å². The molecule has 0 aliphatic carbocycles. The zero-order valence-electron chi connectivity index (χ0n) is 67.7. The van der Waals surface area contributed by atoms with Gasteiger partial charge >= 0.3 is 0 Å². The summed E-state index contributed by atoms with van der Waals surface area (Å²) in [6.45, 7) is 1.22. The van der Waals surface area contributed by atoms with Gasteiger partial charge in [-0.3, -0.25) is 28.8 Å². The van der Waals surface area contributed by atoms with Gasteiger partial charge in [-0.1, -0.05) is 36.4 Å². The Kier molecular flexibility index (Phi) is 25.0. The van der Waals surface area contributed by atoms with Crippen LogP contribution >= 0.6 is 34.8 Å². The van der Waals surface area contributed by atoms with Crippen LogP contribution in [-0.4, -0.2) is 194 Å². The van der Waals surface area contributed by atoms with E-state index in [-0.39, 0.29) is 133 Å². The number of phenols is 3. The number of hydrogen-bond acceptors (Lipinski definition) is 21. The van der Waals surface area contributed by atoms with Gasteiger partial charge in [0.05, 0.1) is 87.5 Å². The molecule has 11 N–H and O–H groups in total. The van der Waals surface area contributed by atoms with Crippen LogP contribution in [0.2, 0.25) is 0 Å². The highest BCUT2D eigenvalue weighted by molar-refractivity contribution is 6.22. The molecule has 6 aromatic heterocycles. The number of carbonyl (C=O) groups excluding carboxylic acids is 6. The number of carbonyl (C=O) groups is 6. The molecule has 15 aromatic rings. The molecule has 3 atom stereocenters. The number of H-pyrrole nitrogens is 2. The van der Waals surface area contributed by atoms with Crippen molar-refractivity contribution >= 4 is 164 Å². The standard InChI is InChI=1S/3C31H27ClN4O6/c1-41-26-4-2-3-22-25(38)13-24-28(29(22)26)19(14-32)15-36(24)31(40)23-17-35-16-20(7-10-27(35)34-23)33-30(39)18-5-8-21(9-6-18)42-12-11-37;1-41-26-4-2-3-22-25(38)13-24-27(28(22)26)19(14-32)16-36(24)31(40)23-12-18-11-20(15-33-29(18)35-23)34-30(39)17-5-7-21(8-6-17)42-10-9-37;1-41-26-4-2-3-21-25(38)13-24-28(29(21)26)19(14-32)16-36(24)31(40)22-11-18-12-27(33-15-23(18)34-22)35-30(39)17-5-7-20(8-6-17)42-10-9-37/h2-10,13,16-17,19,37-38H,11-12,14-15H2,1H3,(H,33,39);2-8,11-13,15,19,37-38H,9-10,14,16H2,1H3,(H,33,35)(H,34,39);2-8,11-13,15,19,34,37-38H,9-10,14,16H2,1H3,(H,33,35,39)/t3*19-/m111/s1. The van der Waals surface area contributed by atoms with Crippen LogP contribution in [0.3, 0.4) is 0 Å². The van der Waals surface area contributed by atoms with Crippen LogP contribution in [0.1, 0.15) is 97.0 Å². The number of fused-ring (bicyclic) bond motifs is 12. The second-order valence-corrected chi connectivity index (χ2v) is 30.5. The Hall–Kier alpha value is -14.4. The number of methoxy groups -OCH3 is 3. The number of aromatic nitrogens is 6. The molecule has 0 saturated carbocycles. The van der Waals surface area contributed by atoms with Crippen LogP contribution < -0.4 is 59.1 Å². The number of aromatic amines is 2. The SMILES string of the molecule is COc1cccc2c(O)cc3c(c12)[C@H](CCl)CN3C(=O)c1cc2cc(NC(=O)c3ccc(OCCO)cc3)cnc2[nH]1.COc1cccc2c(O)cc3c(c12)[C@H](CCl)CN3C(=O)c1cc2cc(NC(=O)c3ccc(OCCO)cc3)ncc2[nH]1.COc1cccc2c(O)cc3c(c12)[C@H](CCl)CN3C(=O)c1cn2cc(NC(=O)c3ccc(OCCO)cc3)ccc2n1. The van der Waals surface area contributed by atoms with E-state index in [1.807, 2.05) is 42.5 Å². The Morgan fingerprint density at radius 3 is 1.29 bits per heavy atom. The monoisotopic (exact) mass is 1760 g/mol. The fourth-order valence-corrected chi connectivity index (χ4v) is 16.9. The van der Waals surface area contributed by atoms with E-state index in [9.17, 15) is 44.1 Å². The number of anilines is 6. The number of nitrogens with one attached hydrogen (secondary N) is 5. The number of rotatable bonds is 24. The summed E-state index contributed by atoms with van der Waals surface area (Å²) in [7, 11) is 4.70. The number of imidazole rings is 1. The van der Waals surface area contributed by atoms with Gasteiger partial charge in [0.15, 0.2) is 0 Å². The number of alkyl halides is 3. The predicted molar refractivity (Wildman–Crippen MR) is 480 cm³/mol. The number of hydrogen-bond donors (Lipinski definition) is 11. The van der Waals surface area contributed by atoms with Crippen molar-refractivity contribution in [2.75, 3.05) is 129 Å². The quantitative estimate of drug-likeness (QED) is 0.0250. The first-order chi connectivity index (χ1) is 61.2. The smallest absolute Gasteiger partial charge is 0.278 e. The molecule has 0 saturated heterocycles. The fourth-order valence-electron chi connectivity index (χ4n) is 16.1. The van der Waals surface area contributed by atoms with Gasteiger partial charge in [-0.2, -0.15) is 0 Å². The Morgan fingerprint density at radius 1 is 0.444 bits per heavy atom. The number of halogens is 3. The van der Waals surface area contributed by atoms with Crippen LogP contribution in [0.5, 0.6) is 51.7 Å². The van der Waals surface area contributed by atoms with Crippen molar-refractivity contribution in [3.63, 3.8) is 0 Å². The van der Waals surface area contributed by atoms with Gasteiger partial charge in [0.1, 0.15) is 106 Å². The predicted octanol–water partition coefficient (Wildman–Crippen LogP) is 14.9. The molecular formula is C93H81Cl3N12O18. The van der Waals surface area contributed by atoms with Crippen molar-refractivity contribution < 1.29 is 87.8 Å². The highest BCUT2D eigenvalue weighted by Crippen LogP contribution is 2.52. The number of benzene rings is 9. The first kappa shape index (κ1) is 85.2. The maximum absolute atomic E-state index is 13.8. The molecule has 33 heteroatoms. The minimum atomic E-state index is -0.356. The van der Waals surface area contributed by atoms with Crippen molar-refractivity contribution in [2.45, 2.75) is 17.8 Å². The average Bonchev–Trinajstić information content (AvgIpc) is 1.58. The molecule has 18 rings (SSSR count). The van der Waals surface area contributed by atoms with E-state index in [4.69, 9.17) is 78.5 Å². The van der Waals surface area contributed by atoms with E-state index in [0.717, 1.165) is 32.8 Å². The van der Waals surface area contributed by atoms with Crippen LogP contribution in [0.25, 0.3) is 59.9 Å². The molecule has 30 nitrogen and oxygen atoms in total.